The van der Waals surface area contributed by atoms with Gasteiger partial charge in [0.15, 0.2) is 0 Å². The summed E-state index contributed by atoms with van der Waals surface area (Å²) in [6, 6.07) is 0. The fourth-order valence-electron chi connectivity index (χ4n) is 2.22. The monoisotopic (exact) mass is 186 g/mol. The van der Waals surface area contributed by atoms with Crippen molar-refractivity contribution in [3.05, 3.63) is 47.1 Å². The second-order valence-corrected chi connectivity index (χ2v) is 4.71. The minimum absolute atomic E-state index is 0.204. The molecule has 0 N–H and O–H groups in total. The van der Waals surface area contributed by atoms with Crippen molar-refractivity contribution in [2.75, 3.05) is 0 Å². The van der Waals surface area contributed by atoms with Crippen LogP contribution in [0.4, 0.5) is 0 Å². The van der Waals surface area contributed by atoms with Gasteiger partial charge in [-0.15, -0.1) is 0 Å². The Morgan fingerprint density at radius 1 is 1.29 bits per heavy atom. The maximum Gasteiger partial charge on any atom is 0.00812 e. The van der Waals surface area contributed by atoms with E-state index in [1.54, 1.807) is 5.57 Å². The molecule has 74 valence electrons. The Balaban J connectivity index is 2.42. The molecule has 0 heteroatoms. The number of allylic oxidation sites excluding steroid dienone is 8. The predicted molar refractivity (Wildman–Crippen MR) is 62.1 cm³/mol. The highest BCUT2D eigenvalue weighted by Gasteiger charge is 2.26. The quantitative estimate of drug-likeness (QED) is 0.576. The summed E-state index contributed by atoms with van der Waals surface area (Å²) in [6.07, 6.45) is 13.6. The molecule has 2 rings (SSSR count). The highest BCUT2D eigenvalue weighted by Crippen LogP contribution is 2.41. The molecule has 2 aliphatic carbocycles. The zero-order chi connectivity index (χ0) is 10.2. The Labute approximate surface area is 86.7 Å². The van der Waals surface area contributed by atoms with Crippen molar-refractivity contribution in [2.45, 2.75) is 33.6 Å². The van der Waals surface area contributed by atoms with Crippen LogP contribution in [0, 0.1) is 5.41 Å². The van der Waals surface area contributed by atoms with Gasteiger partial charge in [-0.3, -0.25) is 0 Å². The van der Waals surface area contributed by atoms with E-state index in [4.69, 9.17) is 0 Å². The van der Waals surface area contributed by atoms with Gasteiger partial charge in [0.1, 0.15) is 0 Å². The van der Waals surface area contributed by atoms with Crippen molar-refractivity contribution in [1.82, 2.24) is 0 Å². The minimum atomic E-state index is 0.204. The van der Waals surface area contributed by atoms with E-state index < -0.39 is 0 Å². The van der Waals surface area contributed by atoms with Crippen LogP contribution >= 0.6 is 0 Å². The van der Waals surface area contributed by atoms with Crippen LogP contribution in [-0.4, -0.2) is 0 Å². The maximum atomic E-state index is 2.40. The van der Waals surface area contributed by atoms with Gasteiger partial charge in [0.05, 0.1) is 0 Å². The van der Waals surface area contributed by atoms with Crippen molar-refractivity contribution >= 4 is 0 Å². The van der Waals surface area contributed by atoms with Crippen LogP contribution in [-0.2, 0) is 0 Å². The van der Waals surface area contributed by atoms with Crippen LogP contribution in [0.2, 0.25) is 0 Å². The van der Waals surface area contributed by atoms with Gasteiger partial charge >= 0.3 is 0 Å². The topological polar surface area (TPSA) is 0 Å². The van der Waals surface area contributed by atoms with E-state index in [-0.39, 0.29) is 5.41 Å². The van der Waals surface area contributed by atoms with Crippen LogP contribution in [0.3, 0.4) is 0 Å². The Morgan fingerprint density at radius 2 is 2.07 bits per heavy atom. The van der Waals surface area contributed by atoms with Crippen molar-refractivity contribution in [3.63, 3.8) is 0 Å². The van der Waals surface area contributed by atoms with E-state index in [0.29, 0.717) is 0 Å². The van der Waals surface area contributed by atoms with Crippen molar-refractivity contribution in [2.24, 2.45) is 5.41 Å². The summed E-state index contributed by atoms with van der Waals surface area (Å²) >= 11 is 0. The summed E-state index contributed by atoms with van der Waals surface area (Å²) in [7, 11) is 0. The fourth-order valence-corrected chi connectivity index (χ4v) is 2.22. The molecule has 0 aromatic carbocycles. The highest BCUT2D eigenvalue weighted by molar-refractivity contribution is 5.51. The molecule has 14 heavy (non-hydrogen) atoms. The van der Waals surface area contributed by atoms with Gasteiger partial charge in [0, 0.05) is 5.41 Å². The van der Waals surface area contributed by atoms with Gasteiger partial charge in [-0.1, -0.05) is 56.7 Å². The molecule has 0 aliphatic heterocycles. The third kappa shape index (κ3) is 1.50. The molecular weight excluding hydrogens is 168 g/mol. The summed E-state index contributed by atoms with van der Waals surface area (Å²) in [5.74, 6) is 0. The summed E-state index contributed by atoms with van der Waals surface area (Å²) in [4.78, 5) is 0. The van der Waals surface area contributed by atoms with E-state index >= 15 is 0 Å². The first kappa shape index (κ1) is 9.51. The standard InChI is InChI=1S/C14H18/c1-4-11-9-12-7-5-6-8-14(2,3)13(12)10-11/h5-8,10H,4,9H2,1-3H3. The molecule has 0 radical (unpaired) electrons. The summed E-state index contributed by atoms with van der Waals surface area (Å²) < 4.78 is 0. The lowest BCUT2D eigenvalue weighted by atomic mass is 9.83. The first-order valence-corrected chi connectivity index (χ1v) is 5.42. The molecule has 0 fully saturated rings. The second kappa shape index (κ2) is 3.27. The molecule has 0 aromatic heterocycles. The fraction of sp³-hybridized carbons (Fsp3) is 0.429. The zero-order valence-corrected chi connectivity index (χ0v) is 9.30. The van der Waals surface area contributed by atoms with Crippen LogP contribution in [0.25, 0.3) is 0 Å². The predicted octanol–water partition coefficient (Wildman–Crippen LogP) is 4.18. The molecule has 0 saturated heterocycles. The van der Waals surface area contributed by atoms with Gasteiger partial charge in [-0.25, -0.2) is 0 Å². The molecule has 0 atom stereocenters. The van der Waals surface area contributed by atoms with E-state index in [1.807, 2.05) is 0 Å². The average Bonchev–Trinajstić information content (AvgIpc) is 2.51. The molecule has 0 nitrogen and oxygen atoms in total. The Bertz CT molecular complexity index is 359. The SMILES string of the molecule is CCC1=CC2=C(C=CC=CC2(C)C)C1. The van der Waals surface area contributed by atoms with Crippen LogP contribution in [0.1, 0.15) is 33.6 Å². The van der Waals surface area contributed by atoms with Crippen LogP contribution in [0.5, 0.6) is 0 Å². The van der Waals surface area contributed by atoms with E-state index in [0.717, 1.165) is 6.42 Å². The number of hydrogen-bond donors (Lipinski definition) is 0. The molecule has 0 bridgehead atoms. The van der Waals surface area contributed by atoms with Gasteiger partial charge < -0.3 is 0 Å². The molecule has 0 amide bonds. The normalized spacial score (nSPS) is 23.5. The molecule has 0 heterocycles. The van der Waals surface area contributed by atoms with E-state index in [9.17, 15) is 0 Å². The van der Waals surface area contributed by atoms with Gasteiger partial charge in [-0.2, -0.15) is 0 Å². The lowest BCUT2D eigenvalue weighted by Crippen LogP contribution is -2.09. The van der Waals surface area contributed by atoms with Crippen LogP contribution < -0.4 is 0 Å². The highest BCUT2D eigenvalue weighted by atomic mass is 14.3. The Morgan fingerprint density at radius 3 is 2.79 bits per heavy atom. The Hall–Kier alpha value is -1.04. The molecule has 0 saturated carbocycles. The van der Waals surface area contributed by atoms with Crippen molar-refractivity contribution < 1.29 is 0 Å². The van der Waals surface area contributed by atoms with Gasteiger partial charge in [0.2, 0.25) is 0 Å². The Kier molecular flexibility index (Phi) is 2.22. The lowest BCUT2D eigenvalue weighted by Gasteiger charge is -2.21. The maximum absolute atomic E-state index is 2.40. The molecule has 2 aliphatic rings. The summed E-state index contributed by atoms with van der Waals surface area (Å²) in [6.45, 7) is 6.83. The third-order valence-electron chi connectivity index (χ3n) is 3.18. The van der Waals surface area contributed by atoms with Crippen molar-refractivity contribution in [3.8, 4) is 0 Å². The summed E-state index contributed by atoms with van der Waals surface area (Å²) in [5.41, 5.74) is 4.80. The number of rotatable bonds is 1. The molecule has 0 aromatic rings. The second-order valence-electron chi connectivity index (χ2n) is 4.71. The lowest BCUT2D eigenvalue weighted by molar-refractivity contribution is 0.594. The first-order valence-electron chi connectivity index (χ1n) is 5.42. The summed E-state index contributed by atoms with van der Waals surface area (Å²) in [5, 5.41) is 0. The average molecular weight is 186 g/mol. The molecule has 0 spiro atoms. The number of hydrogen-bond acceptors (Lipinski definition) is 0. The van der Waals surface area contributed by atoms with Gasteiger partial charge in [-0.05, 0) is 24.0 Å². The van der Waals surface area contributed by atoms with Gasteiger partial charge in [0.25, 0.3) is 0 Å². The minimum Gasteiger partial charge on any atom is -0.0745 e. The van der Waals surface area contributed by atoms with E-state index in [2.05, 4.69) is 51.2 Å². The smallest absolute Gasteiger partial charge is 0.00812 e. The largest absolute Gasteiger partial charge is 0.0745 e. The molecular formula is C14H18. The van der Waals surface area contributed by atoms with E-state index in [1.165, 1.54) is 17.6 Å². The third-order valence-corrected chi connectivity index (χ3v) is 3.18. The van der Waals surface area contributed by atoms with Crippen molar-refractivity contribution in [1.29, 1.82) is 0 Å². The zero-order valence-electron chi connectivity index (χ0n) is 9.30. The first-order chi connectivity index (χ1) is 6.63. The van der Waals surface area contributed by atoms with Crippen LogP contribution in [0.15, 0.2) is 47.1 Å². The molecule has 0 unspecified atom stereocenters.